The zero-order valence-corrected chi connectivity index (χ0v) is 13.0. The van der Waals surface area contributed by atoms with Crippen LogP contribution < -0.4 is 14.9 Å². The van der Waals surface area contributed by atoms with E-state index in [1.807, 2.05) is 36.4 Å². The Balaban J connectivity index is 1.79. The molecule has 0 N–H and O–H groups in total. The highest BCUT2D eigenvalue weighted by Crippen LogP contribution is 2.29. The fourth-order valence-corrected chi connectivity index (χ4v) is 3.67. The fourth-order valence-electron chi connectivity index (χ4n) is 2.43. The molecule has 0 fully saturated rings. The van der Waals surface area contributed by atoms with E-state index in [9.17, 15) is 4.79 Å². The van der Waals surface area contributed by atoms with E-state index in [0.29, 0.717) is 34.2 Å². The fraction of sp³-hybridized carbons (Fsp3) is 0.125. The van der Waals surface area contributed by atoms with Gasteiger partial charge < -0.3 is 4.42 Å². The Hall–Kier alpha value is -2.11. The number of hydrogen-bond acceptors (Lipinski definition) is 4. The van der Waals surface area contributed by atoms with Crippen LogP contribution in [0.4, 0.5) is 0 Å². The predicted octanol–water partition coefficient (Wildman–Crippen LogP) is 2.29. The van der Waals surface area contributed by atoms with Crippen LogP contribution in [-0.2, 0) is 6.54 Å². The summed E-state index contributed by atoms with van der Waals surface area (Å²) in [6.07, 6.45) is 1.76. The summed E-state index contributed by atoms with van der Waals surface area (Å²) in [5.74, 6) is 1.32. The van der Waals surface area contributed by atoms with E-state index in [4.69, 9.17) is 16.0 Å². The van der Waals surface area contributed by atoms with Crippen LogP contribution in [0.2, 0.25) is 5.02 Å². The van der Waals surface area contributed by atoms with Crippen molar-refractivity contribution in [2.24, 2.45) is 4.99 Å². The zero-order chi connectivity index (χ0) is 15.1. The summed E-state index contributed by atoms with van der Waals surface area (Å²) >= 11 is 7.56. The molecule has 2 aromatic heterocycles. The van der Waals surface area contributed by atoms with Gasteiger partial charge in [0.05, 0.1) is 16.1 Å². The lowest BCUT2D eigenvalue weighted by atomic mass is 10.2. The van der Waals surface area contributed by atoms with Gasteiger partial charge in [-0.2, -0.15) is 0 Å². The van der Waals surface area contributed by atoms with E-state index < -0.39 is 0 Å². The third kappa shape index (κ3) is 2.23. The molecule has 0 atom stereocenters. The van der Waals surface area contributed by atoms with Gasteiger partial charge in [-0.25, -0.2) is 0 Å². The maximum Gasteiger partial charge on any atom is 0.270 e. The number of thiazole rings is 1. The van der Waals surface area contributed by atoms with Crippen LogP contribution >= 0.6 is 22.9 Å². The van der Waals surface area contributed by atoms with E-state index in [1.54, 1.807) is 10.6 Å². The SMILES string of the molecule is O=c1/c(=C\c2ccc(-c3ccccc3Cl)o2)sc2n1CCN=2. The van der Waals surface area contributed by atoms with Crippen LogP contribution in [0.15, 0.2) is 50.6 Å². The molecular weight excluding hydrogens is 320 g/mol. The molecule has 0 bridgehead atoms. The van der Waals surface area contributed by atoms with E-state index in [2.05, 4.69) is 4.99 Å². The number of halogens is 1. The second-order valence-electron chi connectivity index (χ2n) is 4.91. The highest BCUT2D eigenvalue weighted by Gasteiger charge is 2.11. The Bertz CT molecular complexity index is 1030. The molecule has 3 heterocycles. The maximum absolute atomic E-state index is 12.2. The van der Waals surface area contributed by atoms with E-state index >= 15 is 0 Å². The first kappa shape index (κ1) is 13.5. The largest absolute Gasteiger partial charge is 0.457 e. The highest BCUT2D eigenvalue weighted by atomic mass is 35.5. The first-order valence-corrected chi connectivity index (χ1v) is 8.02. The third-order valence-electron chi connectivity index (χ3n) is 3.50. The second-order valence-corrected chi connectivity index (χ2v) is 6.33. The molecule has 0 saturated carbocycles. The van der Waals surface area contributed by atoms with Gasteiger partial charge in [0.1, 0.15) is 11.5 Å². The number of furan rings is 1. The van der Waals surface area contributed by atoms with Crippen LogP contribution in [-0.4, -0.2) is 11.1 Å². The molecule has 0 unspecified atom stereocenters. The lowest BCUT2D eigenvalue weighted by Crippen LogP contribution is -2.29. The van der Waals surface area contributed by atoms with Gasteiger partial charge in [0.2, 0.25) is 0 Å². The number of hydrogen-bond donors (Lipinski definition) is 0. The van der Waals surface area contributed by atoms with Crippen molar-refractivity contribution in [3.63, 3.8) is 0 Å². The van der Waals surface area contributed by atoms with Crippen molar-refractivity contribution < 1.29 is 4.42 Å². The molecule has 1 aromatic carbocycles. The van der Waals surface area contributed by atoms with E-state index in [0.717, 1.165) is 10.4 Å². The Kier molecular flexibility index (Phi) is 3.24. The summed E-state index contributed by atoms with van der Waals surface area (Å²) in [6.45, 7) is 1.36. The van der Waals surface area contributed by atoms with Crippen molar-refractivity contribution in [3.05, 3.63) is 66.9 Å². The third-order valence-corrected chi connectivity index (χ3v) is 4.87. The van der Waals surface area contributed by atoms with Crippen LogP contribution in [0, 0.1) is 0 Å². The van der Waals surface area contributed by atoms with Gasteiger partial charge in [-0.15, -0.1) is 0 Å². The van der Waals surface area contributed by atoms with Gasteiger partial charge in [0.25, 0.3) is 5.56 Å². The molecule has 0 aliphatic carbocycles. The molecule has 4 nitrogen and oxygen atoms in total. The van der Waals surface area contributed by atoms with Crippen LogP contribution in [0.1, 0.15) is 5.76 Å². The standard InChI is InChI=1S/C16H11ClN2O2S/c17-12-4-2-1-3-11(12)13-6-5-10(21-13)9-14-15(20)19-8-7-18-16(19)22-14/h1-6,9H,7-8H2/b14-9+. The Morgan fingerprint density at radius 3 is 2.95 bits per heavy atom. The minimum atomic E-state index is -0.00283. The summed E-state index contributed by atoms with van der Waals surface area (Å²) in [6, 6.07) is 11.2. The number of benzene rings is 1. The zero-order valence-electron chi connectivity index (χ0n) is 11.5. The molecule has 0 amide bonds. The van der Waals surface area contributed by atoms with E-state index in [1.165, 1.54) is 11.3 Å². The van der Waals surface area contributed by atoms with Crippen molar-refractivity contribution >= 4 is 29.0 Å². The van der Waals surface area contributed by atoms with Crippen molar-refractivity contribution in [3.8, 4) is 11.3 Å². The van der Waals surface area contributed by atoms with Gasteiger partial charge in [-0.1, -0.05) is 35.1 Å². The number of aromatic nitrogens is 1. The first-order valence-electron chi connectivity index (χ1n) is 6.83. The minimum absolute atomic E-state index is 0.00283. The quantitative estimate of drug-likeness (QED) is 0.724. The predicted molar refractivity (Wildman–Crippen MR) is 86.9 cm³/mol. The lowest BCUT2D eigenvalue weighted by Gasteiger charge is -1.98. The smallest absolute Gasteiger partial charge is 0.270 e. The normalized spacial score (nSPS) is 14.1. The molecule has 22 heavy (non-hydrogen) atoms. The van der Waals surface area contributed by atoms with Gasteiger partial charge in [0, 0.05) is 18.2 Å². The summed E-state index contributed by atoms with van der Waals surface area (Å²) in [5, 5.41) is 0.636. The molecule has 1 aliphatic heterocycles. The van der Waals surface area contributed by atoms with E-state index in [-0.39, 0.29) is 5.56 Å². The molecule has 4 rings (SSSR count). The Morgan fingerprint density at radius 2 is 2.14 bits per heavy atom. The van der Waals surface area contributed by atoms with Gasteiger partial charge in [0.15, 0.2) is 4.80 Å². The van der Waals surface area contributed by atoms with Crippen molar-refractivity contribution in [2.45, 2.75) is 6.54 Å². The van der Waals surface area contributed by atoms with Crippen LogP contribution in [0.25, 0.3) is 17.4 Å². The molecule has 110 valence electrons. The minimum Gasteiger partial charge on any atom is -0.457 e. The molecule has 0 spiro atoms. The average Bonchev–Trinajstić information content (AvgIpc) is 3.20. The van der Waals surface area contributed by atoms with Gasteiger partial charge >= 0.3 is 0 Å². The average molecular weight is 331 g/mol. The second kappa shape index (κ2) is 5.26. The Morgan fingerprint density at radius 1 is 1.27 bits per heavy atom. The van der Waals surface area contributed by atoms with Crippen LogP contribution in [0.5, 0.6) is 0 Å². The number of nitrogens with zero attached hydrogens (tertiary/aromatic N) is 2. The van der Waals surface area contributed by atoms with Crippen molar-refractivity contribution in [1.29, 1.82) is 0 Å². The highest BCUT2D eigenvalue weighted by molar-refractivity contribution is 7.07. The van der Waals surface area contributed by atoms with Crippen molar-refractivity contribution in [2.75, 3.05) is 6.54 Å². The molecule has 0 saturated heterocycles. The first-order chi connectivity index (χ1) is 10.7. The monoisotopic (exact) mass is 330 g/mol. The molecule has 1 aliphatic rings. The lowest BCUT2D eigenvalue weighted by molar-refractivity contribution is 0.571. The van der Waals surface area contributed by atoms with Gasteiger partial charge in [-0.3, -0.25) is 14.4 Å². The molecule has 3 aromatic rings. The van der Waals surface area contributed by atoms with Crippen LogP contribution in [0.3, 0.4) is 0 Å². The number of fused-ring (bicyclic) bond motifs is 1. The number of rotatable bonds is 2. The summed E-state index contributed by atoms with van der Waals surface area (Å²) in [4.78, 5) is 17.3. The molecular formula is C16H11ClN2O2S. The topological polar surface area (TPSA) is 47.5 Å². The summed E-state index contributed by atoms with van der Waals surface area (Å²) < 4.78 is 8.14. The summed E-state index contributed by atoms with van der Waals surface area (Å²) in [5.41, 5.74) is 0.834. The summed E-state index contributed by atoms with van der Waals surface area (Å²) in [7, 11) is 0. The van der Waals surface area contributed by atoms with Crippen molar-refractivity contribution in [1.82, 2.24) is 4.57 Å². The molecule has 0 radical (unpaired) electrons. The Labute approximate surface area is 134 Å². The molecule has 6 heteroatoms. The maximum atomic E-state index is 12.2. The van der Waals surface area contributed by atoms with Gasteiger partial charge in [-0.05, 0) is 24.3 Å².